The number of fused-ring (bicyclic) bond motifs is 9. The standard InChI is InChI=1S/C43H30/c1-43(2)41-10-6-5-9-38(41)39-22-19-34(26-42(39)43)32-16-14-29-23-31(15-13-30(29)24-32)33-12-11-28-18-20-36-35-8-4-3-7-27(35)17-21-37(36)40(28)25-33/h3-26H,1-2H3. The van der Waals surface area contributed by atoms with E-state index in [-0.39, 0.29) is 5.41 Å². The molecule has 0 amide bonds. The van der Waals surface area contributed by atoms with Gasteiger partial charge in [0, 0.05) is 5.41 Å². The van der Waals surface area contributed by atoms with Crippen molar-refractivity contribution in [3.05, 3.63) is 157 Å². The second kappa shape index (κ2) is 8.90. The highest BCUT2D eigenvalue weighted by molar-refractivity contribution is 6.17. The van der Waals surface area contributed by atoms with E-state index in [0.29, 0.717) is 0 Å². The van der Waals surface area contributed by atoms with E-state index in [1.54, 1.807) is 0 Å². The van der Waals surface area contributed by atoms with E-state index >= 15 is 0 Å². The van der Waals surface area contributed by atoms with Crippen LogP contribution in [0.15, 0.2) is 146 Å². The van der Waals surface area contributed by atoms with Crippen molar-refractivity contribution >= 4 is 43.1 Å². The van der Waals surface area contributed by atoms with Crippen LogP contribution in [-0.4, -0.2) is 0 Å². The van der Waals surface area contributed by atoms with Crippen molar-refractivity contribution in [3.8, 4) is 33.4 Å². The van der Waals surface area contributed by atoms with Crippen LogP contribution < -0.4 is 0 Å². The molecular formula is C43H30. The largest absolute Gasteiger partial charge is 0.0619 e. The molecule has 0 aliphatic heterocycles. The monoisotopic (exact) mass is 546 g/mol. The van der Waals surface area contributed by atoms with Gasteiger partial charge in [-0.2, -0.15) is 0 Å². The SMILES string of the molecule is CC1(C)c2ccccc2-c2ccc(-c3ccc4cc(-c5ccc6ccc7c8ccccc8ccc7c6c5)ccc4c3)cc21. The van der Waals surface area contributed by atoms with E-state index in [1.807, 2.05) is 0 Å². The Bertz CT molecular complexity index is 2420. The molecule has 0 unspecified atom stereocenters. The van der Waals surface area contributed by atoms with Gasteiger partial charge in [-0.15, -0.1) is 0 Å². The highest BCUT2D eigenvalue weighted by atomic mass is 14.4. The van der Waals surface area contributed by atoms with Gasteiger partial charge in [0.25, 0.3) is 0 Å². The lowest BCUT2D eigenvalue weighted by Crippen LogP contribution is -2.14. The number of benzene rings is 8. The molecule has 0 nitrogen and oxygen atoms in total. The molecule has 0 heterocycles. The number of rotatable bonds is 2. The lowest BCUT2D eigenvalue weighted by molar-refractivity contribution is 0.660. The van der Waals surface area contributed by atoms with E-state index in [2.05, 4.69) is 159 Å². The zero-order valence-electron chi connectivity index (χ0n) is 24.4. The first-order valence-electron chi connectivity index (χ1n) is 15.2. The minimum atomic E-state index is 0.00592. The summed E-state index contributed by atoms with van der Waals surface area (Å²) < 4.78 is 0. The fraction of sp³-hybridized carbons (Fsp3) is 0.0698. The zero-order chi connectivity index (χ0) is 28.7. The van der Waals surface area contributed by atoms with Crippen LogP contribution >= 0.6 is 0 Å². The summed E-state index contributed by atoms with van der Waals surface area (Å²) in [6, 6.07) is 54.3. The van der Waals surface area contributed by atoms with Gasteiger partial charge in [-0.1, -0.05) is 135 Å². The third-order valence-electron chi connectivity index (χ3n) is 9.83. The number of hydrogen-bond donors (Lipinski definition) is 0. The van der Waals surface area contributed by atoms with Crippen LogP contribution in [0.5, 0.6) is 0 Å². The van der Waals surface area contributed by atoms with E-state index < -0.39 is 0 Å². The van der Waals surface area contributed by atoms with Crippen molar-refractivity contribution in [2.24, 2.45) is 0 Å². The van der Waals surface area contributed by atoms with Gasteiger partial charge >= 0.3 is 0 Å². The predicted molar refractivity (Wildman–Crippen MR) is 185 cm³/mol. The fourth-order valence-corrected chi connectivity index (χ4v) is 7.49. The Morgan fingerprint density at radius 1 is 0.326 bits per heavy atom. The molecule has 1 aliphatic carbocycles. The van der Waals surface area contributed by atoms with Crippen molar-refractivity contribution < 1.29 is 0 Å². The molecule has 8 aromatic rings. The highest BCUT2D eigenvalue weighted by Gasteiger charge is 2.35. The van der Waals surface area contributed by atoms with E-state index in [4.69, 9.17) is 0 Å². The third-order valence-corrected chi connectivity index (χ3v) is 9.83. The molecular weight excluding hydrogens is 516 g/mol. The molecule has 0 fully saturated rings. The van der Waals surface area contributed by atoms with Crippen molar-refractivity contribution in [2.75, 3.05) is 0 Å². The molecule has 0 atom stereocenters. The first-order chi connectivity index (χ1) is 21.0. The summed E-state index contributed by atoms with van der Waals surface area (Å²) >= 11 is 0. The summed E-state index contributed by atoms with van der Waals surface area (Å²) in [5.41, 5.74) is 10.6. The van der Waals surface area contributed by atoms with Crippen LogP contribution in [0.1, 0.15) is 25.0 Å². The Morgan fingerprint density at radius 3 is 1.60 bits per heavy atom. The van der Waals surface area contributed by atoms with Crippen LogP contribution in [0.2, 0.25) is 0 Å². The lowest BCUT2D eigenvalue weighted by atomic mass is 9.81. The molecule has 43 heavy (non-hydrogen) atoms. The second-order valence-electron chi connectivity index (χ2n) is 12.6. The minimum absolute atomic E-state index is 0.00592. The van der Waals surface area contributed by atoms with Gasteiger partial charge in [0.1, 0.15) is 0 Å². The fourth-order valence-electron chi connectivity index (χ4n) is 7.49. The molecule has 8 aromatic carbocycles. The maximum Gasteiger partial charge on any atom is 0.0159 e. The molecule has 202 valence electrons. The molecule has 0 bridgehead atoms. The lowest BCUT2D eigenvalue weighted by Gasteiger charge is -2.22. The molecule has 9 rings (SSSR count). The van der Waals surface area contributed by atoms with Gasteiger partial charge in [-0.25, -0.2) is 0 Å². The average molecular weight is 547 g/mol. The Hall–Kier alpha value is -5.20. The molecule has 0 heteroatoms. The Balaban J connectivity index is 1.11. The van der Waals surface area contributed by atoms with Crippen LogP contribution in [0.3, 0.4) is 0 Å². The molecule has 0 radical (unpaired) electrons. The van der Waals surface area contributed by atoms with Crippen LogP contribution in [0.4, 0.5) is 0 Å². The van der Waals surface area contributed by atoms with Gasteiger partial charge in [0.2, 0.25) is 0 Å². The first kappa shape index (κ1) is 24.4. The summed E-state index contributed by atoms with van der Waals surface area (Å²) in [6.45, 7) is 4.70. The molecule has 0 N–H and O–H groups in total. The van der Waals surface area contributed by atoms with E-state index in [1.165, 1.54) is 87.6 Å². The van der Waals surface area contributed by atoms with Crippen LogP contribution in [-0.2, 0) is 5.41 Å². The summed E-state index contributed by atoms with van der Waals surface area (Å²) in [4.78, 5) is 0. The Labute approximate surface area is 251 Å². The average Bonchev–Trinajstić information content (AvgIpc) is 3.29. The van der Waals surface area contributed by atoms with Crippen molar-refractivity contribution in [2.45, 2.75) is 19.3 Å². The van der Waals surface area contributed by atoms with Gasteiger partial charge in [0.05, 0.1) is 0 Å². The normalized spacial score (nSPS) is 13.5. The van der Waals surface area contributed by atoms with E-state index in [9.17, 15) is 0 Å². The zero-order valence-corrected chi connectivity index (χ0v) is 24.4. The number of hydrogen-bond acceptors (Lipinski definition) is 0. The summed E-state index contributed by atoms with van der Waals surface area (Å²) in [7, 11) is 0. The third kappa shape index (κ3) is 3.63. The van der Waals surface area contributed by atoms with Gasteiger partial charge in [0.15, 0.2) is 0 Å². The predicted octanol–water partition coefficient (Wildman–Crippen LogP) is 11.9. The summed E-state index contributed by atoms with van der Waals surface area (Å²) in [5, 5.41) is 10.3. The molecule has 0 saturated carbocycles. The Kier molecular flexibility index (Phi) is 5.05. The topological polar surface area (TPSA) is 0 Å². The minimum Gasteiger partial charge on any atom is -0.0619 e. The van der Waals surface area contributed by atoms with Crippen LogP contribution in [0, 0.1) is 0 Å². The van der Waals surface area contributed by atoms with Crippen molar-refractivity contribution in [3.63, 3.8) is 0 Å². The highest BCUT2D eigenvalue weighted by Crippen LogP contribution is 2.49. The maximum absolute atomic E-state index is 2.41. The second-order valence-corrected chi connectivity index (χ2v) is 12.6. The van der Waals surface area contributed by atoms with Crippen molar-refractivity contribution in [1.29, 1.82) is 0 Å². The molecule has 1 aliphatic rings. The summed E-state index contributed by atoms with van der Waals surface area (Å²) in [6.07, 6.45) is 0. The van der Waals surface area contributed by atoms with Gasteiger partial charge in [-0.05, 0) is 112 Å². The Morgan fingerprint density at radius 2 is 0.837 bits per heavy atom. The quantitative estimate of drug-likeness (QED) is 0.189. The molecule has 0 saturated heterocycles. The maximum atomic E-state index is 2.41. The molecule has 0 spiro atoms. The summed E-state index contributed by atoms with van der Waals surface area (Å²) in [5.74, 6) is 0. The van der Waals surface area contributed by atoms with E-state index in [0.717, 1.165) is 0 Å². The van der Waals surface area contributed by atoms with Crippen LogP contribution in [0.25, 0.3) is 76.5 Å². The molecule has 0 aromatic heterocycles. The van der Waals surface area contributed by atoms with Gasteiger partial charge in [-0.3, -0.25) is 0 Å². The van der Waals surface area contributed by atoms with Gasteiger partial charge < -0.3 is 0 Å². The van der Waals surface area contributed by atoms with Crippen molar-refractivity contribution in [1.82, 2.24) is 0 Å². The smallest absolute Gasteiger partial charge is 0.0159 e. The first-order valence-corrected chi connectivity index (χ1v) is 15.2.